The van der Waals surface area contributed by atoms with Gasteiger partial charge in [0.15, 0.2) is 5.78 Å². The third kappa shape index (κ3) is 5.15. The van der Waals surface area contributed by atoms with Crippen molar-refractivity contribution in [1.29, 1.82) is 0 Å². The number of carbonyl (C=O) groups is 2. The minimum Gasteiger partial charge on any atom is -0.351 e. The van der Waals surface area contributed by atoms with Crippen molar-refractivity contribution in [3.8, 4) is 0 Å². The Balaban J connectivity index is 1.45. The van der Waals surface area contributed by atoms with Crippen LogP contribution in [0.3, 0.4) is 0 Å². The fraction of sp³-hybridized carbons (Fsp3) is 0.500. The highest BCUT2D eigenvalue weighted by atomic mass is 16.2. The monoisotopic (exact) mass is 395 g/mol. The Kier molecular flexibility index (Phi) is 6.91. The van der Waals surface area contributed by atoms with Crippen molar-refractivity contribution in [1.82, 2.24) is 14.4 Å². The topological polar surface area (TPSA) is 45.6 Å². The van der Waals surface area contributed by atoms with Gasteiger partial charge in [0, 0.05) is 56.6 Å². The highest BCUT2D eigenvalue weighted by Gasteiger charge is 2.23. The van der Waals surface area contributed by atoms with Crippen LogP contribution in [-0.2, 0) is 24.7 Å². The fourth-order valence-corrected chi connectivity index (χ4v) is 3.93. The third-order valence-corrected chi connectivity index (χ3v) is 6.23. The van der Waals surface area contributed by atoms with Crippen LogP contribution in [0.4, 0.5) is 0 Å². The van der Waals surface area contributed by atoms with Crippen LogP contribution in [-0.4, -0.2) is 58.8 Å². The van der Waals surface area contributed by atoms with E-state index in [1.807, 2.05) is 31.9 Å². The Labute approximate surface area is 174 Å². The fourth-order valence-electron chi connectivity index (χ4n) is 3.93. The van der Waals surface area contributed by atoms with Crippen molar-refractivity contribution in [3.63, 3.8) is 0 Å². The maximum Gasteiger partial charge on any atom is 0.222 e. The van der Waals surface area contributed by atoms with Crippen LogP contribution in [0.25, 0.3) is 0 Å². The van der Waals surface area contributed by atoms with Crippen molar-refractivity contribution in [3.05, 3.63) is 58.4 Å². The van der Waals surface area contributed by atoms with Crippen LogP contribution in [0.2, 0.25) is 0 Å². The van der Waals surface area contributed by atoms with Gasteiger partial charge >= 0.3 is 0 Å². The lowest BCUT2D eigenvalue weighted by atomic mass is 10.1. The van der Waals surface area contributed by atoms with E-state index in [0.29, 0.717) is 26.1 Å². The molecule has 156 valence electrons. The quantitative estimate of drug-likeness (QED) is 0.677. The van der Waals surface area contributed by atoms with Gasteiger partial charge in [-0.1, -0.05) is 31.2 Å². The summed E-state index contributed by atoms with van der Waals surface area (Å²) in [6, 6.07) is 10.5. The van der Waals surface area contributed by atoms with E-state index in [-0.39, 0.29) is 11.7 Å². The molecule has 5 heteroatoms. The number of amides is 1. The molecule has 1 aromatic heterocycles. The molecule has 0 aliphatic carbocycles. The van der Waals surface area contributed by atoms with E-state index in [1.165, 1.54) is 11.1 Å². The maximum atomic E-state index is 12.7. The van der Waals surface area contributed by atoms with E-state index in [0.717, 1.165) is 42.9 Å². The summed E-state index contributed by atoms with van der Waals surface area (Å²) < 4.78 is 2.06. The van der Waals surface area contributed by atoms with Gasteiger partial charge in [-0.3, -0.25) is 14.5 Å². The smallest absolute Gasteiger partial charge is 0.222 e. The van der Waals surface area contributed by atoms with Crippen LogP contribution in [0, 0.1) is 13.8 Å². The highest BCUT2D eigenvalue weighted by Crippen LogP contribution is 2.15. The summed E-state index contributed by atoms with van der Waals surface area (Å²) >= 11 is 0. The second kappa shape index (κ2) is 9.40. The molecule has 1 saturated heterocycles. The first-order valence-corrected chi connectivity index (χ1v) is 10.6. The van der Waals surface area contributed by atoms with Crippen molar-refractivity contribution < 1.29 is 9.59 Å². The number of ketones is 1. The Morgan fingerprint density at radius 1 is 0.966 bits per heavy atom. The largest absolute Gasteiger partial charge is 0.351 e. The minimum atomic E-state index is 0.168. The number of Topliss-reactive ketones (excluding diaryl/α,β-unsaturated/α-hetero) is 1. The van der Waals surface area contributed by atoms with E-state index in [9.17, 15) is 9.59 Å². The number of aryl methyl sites for hydroxylation is 3. The summed E-state index contributed by atoms with van der Waals surface area (Å²) in [4.78, 5) is 29.4. The lowest BCUT2D eigenvalue weighted by Gasteiger charge is -2.34. The lowest BCUT2D eigenvalue weighted by Crippen LogP contribution is -2.50. The zero-order chi connectivity index (χ0) is 21.0. The minimum absolute atomic E-state index is 0.168. The molecular weight excluding hydrogens is 362 g/mol. The molecule has 0 spiro atoms. The summed E-state index contributed by atoms with van der Waals surface area (Å²) in [5.74, 6) is 0.381. The number of hydrogen-bond donors (Lipinski definition) is 0. The Morgan fingerprint density at radius 3 is 2.14 bits per heavy atom. The predicted molar refractivity (Wildman–Crippen MR) is 116 cm³/mol. The summed E-state index contributed by atoms with van der Waals surface area (Å²) in [6.07, 6.45) is 2.37. The molecule has 1 aromatic carbocycles. The van der Waals surface area contributed by atoms with Gasteiger partial charge < -0.3 is 9.47 Å². The number of rotatable bonds is 7. The number of aromatic nitrogens is 1. The Hall–Kier alpha value is -2.40. The second-order valence-electron chi connectivity index (χ2n) is 8.09. The zero-order valence-electron chi connectivity index (χ0n) is 18.2. The molecule has 2 aromatic rings. The summed E-state index contributed by atoms with van der Waals surface area (Å²) in [5.41, 5.74) is 5.48. The molecule has 0 bridgehead atoms. The summed E-state index contributed by atoms with van der Waals surface area (Å²) in [5, 5.41) is 0. The van der Waals surface area contributed by atoms with E-state index in [4.69, 9.17) is 0 Å². The summed E-state index contributed by atoms with van der Waals surface area (Å²) in [7, 11) is 1.99. The maximum absolute atomic E-state index is 12.7. The molecule has 0 radical (unpaired) electrons. The molecule has 0 unspecified atom stereocenters. The van der Waals surface area contributed by atoms with Crippen LogP contribution in [0.15, 0.2) is 30.3 Å². The first-order valence-electron chi connectivity index (χ1n) is 10.6. The third-order valence-electron chi connectivity index (χ3n) is 6.23. The van der Waals surface area contributed by atoms with Gasteiger partial charge in [-0.25, -0.2) is 0 Å². The molecule has 1 amide bonds. The number of benzene rings is 1. The van der Waals surface area contributed by atoms with Gasteiger partial charge in [0.05, 0.1) is 6.54 Å². The molecule has 3 rings (SSSR count). The van der Waals surface area contributed by atoms with Crippen molar-refractivity contribution >= 4 is 11.7 Å². The second-order valence-corrected chi connectivity index (χ2v) is 8.09. The SMILES string of the molecule is CCc1ccc(CCC(=O)N2CCN(CC(=O)c3cc(C)n(C)c3C)CC2)cc1. The summed E-state index contributed by atoms with van der Waals surface area (Å²) in [6.45, 7) is 9.51. The molecular formula is C24H33N3O2. The van der Waals surface area contributed by atoms with Crippen LogP contribution in [0.1, 0.15) is 46.2 Å². The van der Waals surface area contributed by atoms with E-state index >= 15 is 0 Å². The van der Waals surface area contributed by atoms with E-state index < -0.39 is 0 Å². The van der Waals surface area contributed by atoms with Crippen LogP contribution < -0.4 is 0 Å². The zero-order valence-corrected chi connectivity index (χ0v) is 18.2. The first-order chi connectivity index (χ1) is 13.9. The van der Waals surface area contributed by atoms with Gasteiger partial charge in [0.1, 0.15) is 0 Å². The van der Waals surface area contributed by atoms with Gasteiger partial charge in [0.25, 0.3) is 0 Å². The molecule has 1 aliphatic heterocycles. The molecule has 2 heterocycles. The Bertz CT molecular complexity index is 859. The molecule has 29 heavy (non-hydrogen) atoms. The predicted octanol–water partition coefficient (Wildman–Crippen LogP) is 3.16. The standard InChI is InChI=1S/C24H33N3O2/c1-5-20-6-8-21(9-7-20)10-11-24(29)27-14-12-26(13-15-27)17-23(28)22-16-18(2)25(4)19(22)3/h6-9,16H,5,10-15,17H2,1-4H3. The average Bonchev–Trinajstić information content (AvgIpc) is 3.00. The molecule has 0 saturated carbocycles. The van der Waals surface area contributed by atoms with Crippen molar-refractivity contribution in [2.24, 2.45) is 7.05 Å². The van der Waals surface area contributed by atoms with Crippen LogP contribution in [0.5, 0.6) is 0 Å². The molecule has 1 fully saturated rings. The molecule has 5 nitrogen and oxygen atoms in total. The molecule has 0 N–H and O–H groups in total. The number of piperazine rings is 1. The average molecular weight is 396 g/mol. The number of carbonyl (C=O) groups excluding carboxylic acids is 2. The van der Waals surface area contributed by atoms with Gasteiger partial charge in [-0.2, -0.15) is 0 Å². The first kappa shape index (κ1) is 21.3. The van der Waals surface area contributed by atoms with Gasteiger partial charge in [0.2, 0.25) is 5.91 Å². The van der Waals surface area contributed by atoms with E-state index in [1.54, 1.807) is 0 Å². The van der Waals surface area contributed by atoms with Crippen LogP contribution >= 0.6 is 0 Å². The normalized spacial score (nSPS) is 15.0. The molecule has 1 aliphatic rings. The van der Waals surface area contributed by atoms with E-state index in [2.05, 4.69) is 40.7 Å². The van der Waals surface area contributed by atoms with Gasteiger partial charge in [-0.15, -0.1) is 0 Å². The highest BCUT2D eigenvalue weighted by molar-refractivity contribution is 5.99. The van der Waals surface area contributed by atoms with Gasteiger partial charge in [-0.05, 0) is 43.9 Å². The molecule has 0 atom stereocenters. The Morgan fingerprint density at radius 2 is 1.59 bits per heavy atom. The number of hydrogen-bond acceptors (Lipinski definition) is 3. The number of nitrogens with zero attached hydrogens (tertiary/aromatic N) is 3. The van der Waals surface area contributed by atoms with Crippen molar-refractivity contribution in [2.75, 3.05) is 32.7 Å². The lowest BCUT2D eigenvalue weighted by molar-refractivity contribution is -0.132. The van der Waals surface area contributed by atoms with Crippen molar-refractivity contribution in [2.45, 2.75) is 40.0 Å².